The van der Waals surface area contributed by atoms with Gasteiger partial charge in [0.1, 0.15) is 0 Å². The summed E-state index contributed by atoms with van der Waals surface area (Å²) < 4.78 is 0. The van der Waals surface area contributed by atoms with Crippen LogP contribution in [0.4, 0.5) is 0 Å². The molecule has 0 atom stereocenters. The maximum atomic E-state index is 12.7. The number of benzene rings is 1. The Morgan fingerprint density at radius 1 is 0.964 bits per heavy atom. The van der Waals surface area contributed by atoms with Gasteiger partial charge in [-0.05, 0) is 18.1 Å². The lowest BCUT2D eigenvalue weighted by Gasteiger charge is -2.34. The molecule has 0 unspecified atom stereocenters. The third-order valence-corrected chi connectivity index (χ3v) is 4.80. The van der Waals surface area contributed by atoms with Crippen molar-refractivity contribution in [3.63, 3.8) is 0 Å². The first-order valence-corrected chi connectivity index (χ1v) is 9.36. The van der Waals surface area contributed by atoms with E-state index in [0.717, 1.165) is 12.0 Å². The molecule has 3 amide bonds. The van der Waals surface area contributed by atoms with Gasteiger partial charge in [0.15, 0.2) is 0 Å². The second-order valence-corrected chi connectivity index (χ2v) is 6.75. The Morgan fingerprint density at radius 2 is 1.61 bits per heavy atom. The molecule has 1 aromatic carbocycles. The summed E-state index contributed by atoms with van der Waals surface area (Å²) in [6.07, 6.45) is 3.67. The largest absolute Gasteiger partial charge is 0.352 e. The number of carbonyl (C=O) groups excluding carboxylic acids is 3. The van der Waals surface area contributed by atoms with Gasteiger partial charge in [-0.15, -0.1) is 0 Å². The summed E-state index contributed by atoms with van der Waals surface area (Å²) in [5, 5.41) is 2.86. The number of carbonyl (C=O) groups is 3. The minimum absolute atomic E-state index is 0.0166. The van der Waals surface area contributed by atoms with Gasteiger partial charge in [-0.1, -0.05) is 30.3 Å². The predicted octanol–water partition coefficient (Wildman–Crippen LogP) is 1.36. The Bertz CT molecular complexity index is 846. The van der Waals surface area contributed by atoms with Crippen LogP contribution in [0.15, 0.2) is 48.8 Å². The first kappa shape index (κ1) is 19.5. The van der Waals surface area contributed by atoms with Crippen molar-refractivity contribution in [2.24, 2.45) is 0 Å². The van der Waals surface area contributed by atoms with Gasteiger partial charge in [-0.25, -0.2) is 0 Å². The van der Waals surface area contributed by atoms with Gasteiger partial charge in [0, 0.05) is 52.0 Å². The van der Waals surface area contributed by atoms with E-state index in [0.29, 0.717) is 43.9 Å². The van der Waals surface area contributed by atoms with E-state index in [-0.39, 0.29) is 17.7 Å². The van der Waals surface area contributed by atoms with Crippen LogP contribution in [0.3, 0.4) is 0 Å². The second-order valence-electron chi connectivity index (χ2n) is 6.75. The highest BCUT2D eigenvalue weighted by molar-refractivity contribution is 5.99. The molecule has 28 heavy (non-hydrogen) atoms. The zero-order valence-electron chi connectivity index (χ0n) is 15.9. The molecule has 0 spiro atoms. The standard InChI is InChI=1S/C21H24N4O3/c1-16(26)24-9-11-25(12-10-24)21(28)19-13-18(14-22-15-19)20(27)23-8-7-17-5-3-2-4-6-17/h2-6,13-15H,7-12H2,1H3,(H,23,27). The Hall–Kier alpha value is -3.22. The van der Waals surface area contributed by atoms with Crippen molar-refractivity contribution >= 4 is 17.7 Å². The minimum atomic E-state index is -0.250. The third-order valence-electron chi connectivity index (χ3n) is 4.80. The molecule has 146 valence electrons. The quantitative estimate of drug-likeness (QED) is 0.849. The molecule has 0 saturated carbocycles. The van der Waals surface area contributed by atoms with E-state index in [1.54, 1.807) is 15.9 Å². The van der Waals surface area contributed by atoms with E-state index in [9.17, 15) is 14.4 Å². The fourth-order valence-electron chi connectivity index (χ4n) is 3.16. The lowest BCUT2D eigenvalue weighted by molar-refractivity contribution is -0.130. The highest BCUT2D eigenvalue weighted by atomic mass is 16.2. The van der Waals surface area contributed by atoms with Gasteiger partial charge in [0.25, 0.3) is 11.8 Å². The maximum absolute atomic E-state index is 12.7. The summed E-state index contributed by atoms with van der Waals surface area (Å²) in [4.78, 5) is 44.0. The number of piperazine rings is 1. The van der Waals surface area contributed by atoms with Crippen LogP contribution in [0.25, 0.3) is 0 Å². The van der Waals surface area contributed by atoms with Crippen molar-refractivity contribution in [1.82, 2.24) is 20.1 Å². The van der Waals surface area contributed by atoms with Crippen molar-refractivity contribution in [3.05, 3.63) is 65.5 Å². The first-order valence-electron chi connectivity index (χ1n) is 9.36. The number of amides is 3. The molecule has 2 heterocycles. The fourth-order valence-corrected chi connectivity index (χ4v) is 3.16. The summed E-state index contributed by atoms with van der Waals surface area (Å²) >= 11 is 0. The zero-order valence-corrected chi connectivity index (χ0v) is 15.9. The molecule has 0 aliphatic carbocycles. The van der Waals surface area contributed by atoms with Crippen LogP contribution in [-0.4, -0.2) is 65.2 Å². The molecule has 1 fully saturated rings. The normalized spacial score (nSPS) is 13.9. The molecule has 1 saturated heterocycles. The molecule has 1 aliphatic heterocycles. The predicted molar refractivity (Wildman–Crippen MR) is 105 cm³/mol. The summed E-state index contributed by atoms with van der Waals surface area (Å²) in [6.45, 7) is 4.04. The van der Waals surface area contributed by atoms with Crippen LogP contribution in [-0.2, 0) is 11.2 Å². The van der Waals surface area contributed by atoms with Gasteiger partial charge in [-0.2, -0.15) is 0 Å². The summed E-state index contributed by atoms with van der Waals surface area (Å²) in [7, 11) is 0. The Balaban J connectivity index is 1.56. The first-order chi connectivity index (χ1) is 13.5. The maximum Gasteiger partial charge on any atom is 0.255 e. The van der Waals surface area contributed by atoms with E-state index in [2.05, 4.69) is 10.3 Å². The Kier molecular flexibility index (Phi) is 6.37. The molecule has 2 aromatic rings. The highest BCUT2D eigenvalue weighted by Crippen LogP contribution is 2.10. The number of nitrogens with one attached hydrogen (secondary N) is 1. The third kappa shape index (κ3) is 4.94. The van der Waals surface area contributed by atoms with Crippen LogP contribution in [0.5, 0.6) is 0 Å². The zero-order chi connectivity index (χ0) is 19.9. The van der Waals surface area contributed by atoms with E-state index < -0.39 is 0 Å². The van der Waals surface area contributed by atoms with Crippen molar-refractivity contribution in [1.29, 1.82) is 0 Å². The lowest BCUT2D eigenvalue weighted by atomic mass is 10.1. The monoisotopic (exact) mass is 380 g/mol. The Morgan fingerprint density at radius 3 is 2.29 bits per heavy atom. The summed E-state index contributed by atoms with van der Waals surface area (Å²) in [5.74, 6) is -0.406. The van der Waals surface area contributed by atoms with Gasteiger partial charge in [-0.3, -0.25) is 19.4 Å². The molecular weight excluding hydrogens is 356 g/mol. The van der Waals surface area contributed by atoms with Crippen molar-refractivity contribution in [2.75, 3.05) is 32.7 Å². The van der Waals surface area contributed by atoms with Crippen LogP contribution in [0, 0.1) is 0 Å². The van der Waals surface area contributed by atoms with Crippen molar-refractivity contribution in [3.8, 4) is 0 Å². The smallest absolute Gasteiger partial charge is 0.255 e. The second kappa shape index (κ2) is 9.12. The van der Waals surface area contributed by atoms with Crippen LogP contribution in [0.1, 0.15) is 33.2 Å². The molecule has 0 radical (unpaired) electrons. The molecule has 1 aliphatic rings. The van der Waals surface area contributed by atoms with E-state index >= 15 is 0 Å². The highest BCUT2D eigenvalue weighted by Gasteiger charge is 2.24. The average molecular weight is 380 g/mol. The van der Waals surface area contributed by atoms with Gasteiger partial charge in [0.2, 0.25) is 5.91 Å². The number of hydrogen-bond donors (Lipinski definition) is 1. The fraction of sp³-hybridized carbons (Fsp3) is 0.333. The van der Waals surface area contributed by atoms with Crippen molar-refractivity contribution < 1.29 is 14.4 Å². The van der Waals surface area contributed by atoms with Gasteiger partial charge >= 0.3 is 0 Å². The Labute approximate surface area is 164 Å². The SMILES string of the molecule is CC(=O)N1CCN(C(=O)c2cncc(C(=O)NCCc3ccccc3)c2)CC1. The topological polar surface area (TPSA) is 82.6 Å². The summed E-state index contributed by atoms with van der Waals surface area (Å²) in [5.41, 5.74) is 1.89. The van der Waals surface area contributed by atoms with E-state index in [4.69, 9.17) is 0 Å². The van der Waals surface area contributed by atoms with Crippen LogP contribution in [0.2, 0.25) is 0 Å². The van der Waals surface area contributed by atoms with Crippen LogP contribution < -0.4 is 5.32 Å². The molecule has 1 N–H and O–H groups in total. The number of rotatable bonds is 5. The number of hydrogen-bond acceptors (Lipinski definition) is 4. The van der Waals surface area contributed by atoms with Gasteiger partial charge < -0.3 is 15.1 Å². The molecule has 1 aromatic heterocycles. The van der Waals surface area contributed by atoms with Gasteiger partial charge in [0.05, 0.1) is 11.1 Å². The van der Waals surface area contributed by atoms with Crippen LogP contribution >= 0.6 is 0 Å². The molecule has 3 rings (SSSR count). The molecule has 7 nitrogen and oxygen atoms in total. The number of pyridine rings is 1. The number of aromatic nitrogens is 1. The number of nitrogens with zero attached hydrogens (tertiary/aromatic N) is 3. The minimum Gasteiger partial charge on any atom is -0.352 e. The summed E-state index contributed by atoms with van der Waals surface area (Å²) in [6, 6.07) is 11.5. The molecular formula is C21H24N4O3. The lowest BCUT2D eigenvalue weighted by Crippen LogP contribution is -2.50. The van der Waals surface area contributed by atoms with Crippen molar-refractivity contribution in [2.45, 2.75) is 13.3 Å². The average Bonchev–Trinajstić information content (AvgIpc) is 2.74. The molecule has 0 bridgehead atoms. The molecule has 7 heteroatoms. The van der Waals surface area contributed by atoms with E-state index in [1.807, 2.05) is 30.3 Å². The van der Waals surface area contributed by atoms with E-state index in [1.165, 1.54) is 19.3 Å².